The van der Waals surface area contributed by atoms with Crippen LogP contribution in [0.4, 0.5) is 0 Å². The van der Waals surface area contributed by atoms with E-state index in [-0.39, 0.29) is 11.9 Å². The quantitative estimate of drug-likeness (QED) is 0.928. The molecule has 1 atom stereocenters. The molecule has 1 N–H and O–H groups in total. The smallest absolute Gasteiger partial charge is 0.168 e. The summed E-state index contributed by atoms with van der Waals surface area (Å²) in [7, 11) is 0. The molecule has 2 heterocycles. The molecule has 0 radical (unpaired) electrons. The standard InChI is InChI=1S/C15H24N2O2S/c1-11-3-5-15(6-4-11)18-10-13(19-15)7-16-8-14-9-17-12(2)20-14/h9,11,13,16H,3-8,10H2,1-2H3/t11?,13-,15?/m0/s1. The number of aromatic nitrogens is 1. The highest BCUT2D eigenvalue weighted by atomic mass is 32.1. The SMILES string of the molecule is Cc1ncc(CNC[C@H]2COC3(CCC(C)CC3)O2)s1. The van der Waals surface area contributed by atoms with Crippen molar-refractivity contribution in [2.24, 2.45) is 5.92 Å². The summed E-state index contributed by atoms with van der Waals surface area (Å²) in [4.78, 5) is 5.55. The summed E-state index contributed by atoms with van der Waals surface area (Å²) >= 11 is 1.75. The zero-order chi connectivity index (χ0) is 14.0. The first-order valence-corrected chi connectivity index (χ1v) is 8.41. The topological polar surface area (TPSA) is 43.4 Å². The number of hydrogen-bond acceptors (Lipinski definition) is 5. The molecule has 2 aliphatic rings. The van der Waals surface area contributed by atoms with Crippen molar-refractivity contribution in [2.75, 3.05) is 13.2 Å². The van der Waals surface area contributed by atoms with E-state index in [4.69, 9.17) is 9.47 Å². The lowest BCUT2D eigenvalue weighted by molar-refractivity contribution is -0.191. The molecule has 4 nitrogen and oxygen atoms in total. The van der Waals surface area contributed by atoms with Gasteiger partial charge in [0.05, 0.1) is 17.7 Å². The maximum absolute atomic E-state index is 6.18. The predicted octanol–water partition coefficient (Wildman–Crippen LogP) is 2.86. The fourth-order valence-electron chi connectivity index (χ4n) is 3.02. The molecule has 1 aliphatic carbocycles. The van der Waals surface area contributed by atoms with Gasteiger partial charge in [0.1, 0.15) is 0 Å². The largest absolute Gasteiger partial charge is 0.347 e. The number of nitrogens with zero attached hydrogens (tertiary/aromatic N) is 1. The first kappa shape index (κ1) is 14.4. The van der Waals surface area contributed by atoms with Crippen molar-refractivity contribution in [1.82, 2.24) is 10.3 Å². The van der Waals surface area contributed by atoms with E-state index in [0.29, 0.717) is 0 Å². The second-order valence-electron chi connectivity index (χ2n) is 6.12. The average Bonchev–Trinajstić information content (AvgIpc) is 3.02. The van der Waals surface area contributed by atoms with E-state index in [2.05, 4.69) is 17.2 Å². The summed E-state index contributed by atoms with van der Waals surface area (Å²) < 4.78 is 12.2. The lowest BCUT2D eigenvalue weighted by Gasteiger charge is -2.34. The Morgan fingerprint density at radius 2 is 2.25 bits per heavy atom. The Balaban J connectivity index is 1.42. The normalized spacial score (nSPS) is 33.9. The molecule has 2 fully saturated rings. The van der Waals surface area contributed by atoms with Gasteiger partial charge in [0.25, 0.3) is 0 Å². The number of thiazole rings is 1. The molecular formula is C15H24N2O2S. The zero-order valence-corrected chi connectivity index (χ0v) is 13.2. The fraction of sp³-hybridized carbons (Fsp3) is 0.800. The molecule has 0 amide bonds. The number of hydrogen-bond donors (Lipinski definition) is 1. The van der Waals surface area contributed by atoms with Crippen LogP contribution in [0.25, 0.3) is 0 Å². The molecule has 0 bridgehead atoms. The van der Waals surface area contributed by atoms with Gasteiger partial charge in [-0.1, -0.05) is 6.92 Å². The van der Waals surface area contributed by atoms with Crippen LogP contribution in [0.3, 0.4) is 0 Å². The van der Waals surface area contributed by atoms with Gasteiger partial charge >= 0.3 is 0 Å². The van der Waals surface area contributed by atoms with Crippen LogP contribution in [-0.2, 0) is 16.0 Å². The van der Waals surface area contributed by atoms with Crippen LogP contribution in [0.1, 0.15) is 42.5 Å². The lowest BCUT2D eigenvalue weighted by atomic mass is 9.86. The van der Waals surface area contributed by atoms with Crippen molar-refractivity contribution >= 4 is 11.3 Å². The zero-order valence-electron chi connectivity index (χ0n) is 12.4. The van der Waals surface area contributed by atoms with E-state index in [1.807, 2.05) is 13.1 Å². The minimum atomic E-state index is -0.264. The molecule has 112 valence electrons. The van der Waals surface area contributed by atoms with Crippen molar-refractivity contribution in [2.45, 2.75) is 58.0 Å². The van der Waals surface area contributed by atoms with Crippen molar-refractivity contribution in [3.8, 4) is 0 Å². The Kier molecular flexibility index (Phi) is 4.40. The molecule has 1 aromatic rings. The van der Waals surface area contributed by atoms with Gasteiger partial charge in [-0.15, -0.1) is 11.3 Å². The third-order valence-electron chi connectivity index (χ3n) is 4.29. The molecular weight excluding hydrogens is 272 g/mol. The molecule has 0 unspecified atom stereocenters. The Morgan fingerprint density at radius 1 is 1.45 bits per heavy atom. The first-order valence-electron chi connectivity index (χ1n) is 7.59. The van der Waals surface area contributed by atoms with Crippen molar-refractivity contribution in [3.63, 3.8) is 0 Å². The lowest BCUT2D eigenvalue weighted by Crippen LogP contribution is -2.37. The second kappa shape index (κ2) is 6.10. The summed E-state index contributed by atoms with van der Waals surface area (Å²) in [5.41, 5.74) is 0. The molecule has 0 aromatic carbocycles. The van der Waals surface area contributed by atoms with Crippen LogP contribution >= 0.6 is 11.3 Å². The maximum atomic E-state index is 6.18. The van der Waals surface area contributed by atoms with Crippen molar-refractivity contribution in [3.05, 3.63) is 16.1 Å². The van der Waals surface area contributed by atoms with E-state index in [1.54, 1.807) is 11.3 Å². The number of ether oxygens (including phenoxy) is 2. The maximum Gasteiger partial charge on any atom is 0.168 e. The Morgan fingerprint density at radius 3 is 2.95 bits per heavy atom. The minimum Gasteiger partial charge on any atom is -0.347 e. The highest BCUT2D eigenvalue weighted by Gasteiger charge is 2.43. The number of aryl methyl sites for hydroxylation is 1. The second-order valence-corrected chi connectivity index (χ2v) is 7.44. The van der Waals surface area contributed by atoms with Gasteiger partial charge in [-0.3, -0.25) is 0 Å². The van der Waals surface area contributed by atoms with Crippen LogP contribution in [0.2, 0.25) is 0 Å². The van der Waals surface area contributed by atoms with Gasteiger partial charge in [0.2, 0.25) is 0 Å². The molecule has 1 aliphatic heterocycles. The summed E-state index contributed by atoms with van der Waals surface area (Å²) in [6, 6.07) is 0. The Bertz CT molecular complexity index is 441. The van der Waals surface area contributed by atoms with Gasteiger partial charge in [0, 0.05) is 37.0 Å². The molecule has 5 heteroatoms. The summed E-state index contributed by atoms with van der Waals surface area (Å²) in [5, 5.41) is 4.58. The monoisotopic (exact) mass is 296 g/mol. The van der Waals surface area contributed by atoms with E-state index in [0.717, 1.165) is 43.5 Å². The van der Waals surface area contributed by atoms with E-state index in [1.165, 1.54) is 17.7 Å². The fourth-order valence-corrected chi connectivity index (χ4v) is 3.79. The van der Waals surface area contributed by atoms with Crippen LogP contribution in [0.5, 0.6) is 0 Å². The molecule has 1 spiro atoms. The highest BCUT2D eigenvalue weighted by Crippen LogP contribution is 2.39. The van der Waals surface area contributed by atoms with Gasteiger partial charge in [0.15, 0.2) is 5.79 Å². The predicted molar refractivity (Wildman–Crippen MR) is 79.7 cm³/mol. The Hall–Kier alpha value is -0.490. The van der Waals surface area contributed by atoms with Gasteiger partial charge in [-0.05, 0) is 25.7 Å². The minimum absolute atomic E-state index is 0.192. The first-order chi connectivity index (χ1) is 9.65. The third kappa shape index (κ3) is 3.39. The summed E-state index contributed by atoms with van der Waals surface area (Å²) in [6.45, 7) is 6.81. The Labute approximate surface area is 124 Å². The highest BCUT2D eigenvalue weighted by molar-refractivity contribution is 7.11. The molecule has 20 heavy (non-hydrogen) atoms. The van der Waals surface area contributed by atoms with E-state index in [9.17, 15) is 0 Å². The van der Waals surface area contributed by atoms with Crippen LogP contribution in [0, 0.1) is 12.8 Å². The molecule has 1 aromatic heterocycles. The van der Waals surface area contributed by atoms with Gasteiger partial charge < -0.3 is 14.8 Å². The average molecular weight is 296 g/mol. The van der Waals surface area contributed by atoms with Gasteiger partial charge in [-0.2, -0.15) is 0 Å². The third-order valence-corrected chi connectivity index (χ3v) is 5.20. The van der Waals surface area contributed by atoms with Crippen LogP contribution in [-0.4, -0.2) is 30.0 Å². The molecule has 3 rings (SSSR count). The molecule has 1 saturated carbocycles. The van der Waals surface area contributed by atoms with Crippen LogP contribution < -0.4 is 5.32 Å². The van der Waals surface area contributed by atoms with E-state index >= 15 is 0 Å². The number of rotatable bonds is 4. The van der Waals surface area contributed by atoms with Crippen LogP contribution in [0.15, 0.2) is 6.20 Å². The van der Waals surface area contributed by atoms with Crippen molar-refractivity contribution in [1.29, 1.82) is 0 Å². The van der Waals surface area contributed by atoms with Gasteiger partial charge in [-0.25, -0.2) is 4.98 Å². The summed E-state index contributed by atoms with van der Waals surface area (Å²) in [6.07, 6.45) is 6.69. The molecule has 1 saturated heterocycles. The van der Waals surface area contributed by atoms with Crippen molar-refractivity contribution < 1.29 is 9.47 Å². The summed E-state index contributed by atoms with van der Waals surface area (Å²) in [5.74, 6) is 0.555. The van der Waals surface area contributed by atoms with E-state index < -0.39 is 0 Å². The number of nitrogens with one attached hydrogen (secondary N) is 1.